The van der Waals surface area contributed by atoms with E-state index in [1.54, 1.807) is 7.11 Å². The van der Waals surface area contributed by atoms with Crippen LogP contribution in [0.1, 0.15) is 19.3 Å². The number of methoxy groups -OCH3 is 1. The van der Waals surface area contributed by atoms with E-state index in [9.17, 15) is 17.2 Å². The lowest BCUT2D eigenvalue weighted by atomic mass is 10.3. The van der Waals surface area contributed by atoms with Crippen molar-refractivity contribution in [2.45, 2.75) is 36.3 Å². The molecule has 0 aromatic heterocycles. The maximum Gasteiger partial charge on any atom is 0.246 e. The van der Waals surface area contributed by atoms with Crippen molar-refractivity contribution in [1.82, 2.24) is 4.72 Å². The van der Waals surface area contributed by atoms with Gasteiger partial charge in [0.1, 0.15) is 11.6 Å². The Balaban J connectivity index is 2.24. The topological polar surface area (TPSA) is 81.4 Å². The summed E-state index contributed by atoms with van der Waals surface area (Å²) < 4.78 is 58.9. The molecule has 8 heteroatoms. The molecule has 0 saturated heterocycles. The minimum absolute atomic E-state index is 0.0381. The predicted octanol–water partition coefficient (Wildman–Crippen LogP) is 1.39. The lowest BCUT2D eigenvalue weighted by Gasteiger charge is -2.14. The Hall–Kier alpha value is -1.25. The quantitative estimate of drug-likeness (QED) is 0.824. The van der Waals surface area contributed by atoms with Crippen LogP contribution in [-0.2, 0) is 14.8 Å². The second kappa shape index (κ2) is 5.63. The third-order valence-electron chi connectivity index (χ3n) is 3.33. The monoisotopic (exact) mass is 306 g/mol. The molecule has 0 bridgehead atoms. The highest BCUT2D eigenvalue weighted by Gasteiger charge is 2.31. The molecule has 1 aromatic rings. The molecule has 0 spiro atoms. The van der Waals surface area contributed by atoms with Crippen molar-refractivity contribution in [3.63, 3.8) is 0 Å². The molecular formula is C12H16F2N2O3S. The van der Waals surface area contributed by atoms with Crippen LogP contribution < -0.4 is 10.5 Å². The number of sulfonamides is 1. The van der Waals surface area contributed by atoms with Crippen LogP contribution in [0.15, 0.2) is 17.0 Å². The molecule has 5 nitrogen and oxygen atoms in total. The molecule has 1 fully saturated rings. The maximum absolute atomic E-state index is 13.7. The summed E-state index contributed by atoms with van der Waals surface area (Å²) in [6, 6.07) is 1.18. The third kappa shape index (κ3) is 3.08. The standard InChI is InChI=1S/C12H16F2N2O3S/c1-19-9-3-2-8(6-9)16-20(17,18)12-10(13)4-7(15)5-11(12)14/h4-5,8-9,16H,2-3,6,15H2,1H3. The molecule has 20 heavy (non-hydrogen) atoms. The van der Waals surface area contributed by atoms with E-state index < -0.39 is 26.6 Å². The van der Waals surface area contributed by atoms with E-state index in [1.165, 1.54) is 0 Å². The Bertz CT molecular complexity index is 584. The summed E-state index contributed by atoms with van der Waals surface area (Å²) in [5.41, 5.74) is 5.09. The first-order valence-corrected chi connectivity index (χ1v) is 7.61. The van der Waals surface area contributed by atoms with E-state index in [-0.39, 0.29) is 17.8 Å². The molecule has 2 atom stereocenters. The minimum Gasteiger partial charge on any atom is -0.399 e. The van der Waals surface area contributed by atoms with E-state index in [0.717, 1.165) is 12.1 Å². The fourth-order valence-electron chi connectivity index (χ4n) is 2.38. The van der Waals surface area contributed by atoms with Gasteiger partial charge in [0, 0.05) is 18.8 Å². The van der Waals surface area contributed by atoms with Gasteiger partial charge in [-0.1, -0.05) is 0 Å². The number of rotatable bonds is 4. The van der Waals surface area contributed by atoms with Crippen molar-refractivity contribution in [2.75, 3.05) is 12.8 Å². The van der Waals surface area contributed by atoms with E-state index in [0.29, 0.717) is 19.3 Å². The molecule has 0 aliphatic heterocycles. The summed E-state index contributed by atoms with van der Waals surface area (Å²) in [5, 5.41) is 0. The molecule has 1 aliphatic rings. The van der Waals surface area contributed by atoms with Gasteiger partial charge in [0.15, 0.2) is 4.90 Å². The second-order valence-corrected chi connectivity index (χ2v) is 6.45. The van der Waals surface area contributed by atoms with E-state index in [1.807, 2.05) is 0 Å². The SMILES string of the molecule is COC1CCC(NS(=O)(=O)c2c(F)cc(N)cc2F)C1. The lowest BCUT2D eigenvalue weighted by molar-refractivity contribution is 0.107. The first kappa shape index (κ1) is 15.1. The minimum atomic E-state index is -4.26. The van der Waals surface area contributed by atoms with Crippen LogP contribution in [0.4, 0.5) is 14.5 Å². The molecule has 1 saturated carbocycles. The summed E-state index contributed by atoms with van der Waals surface area (Å²) in [4.78, 5) is -0.993. The number of hydrogen-bond acceptors (Lipinski definition) is 4. The largest absolute Gasteiger partial charge is 0.399 e. The summed E-state index contributed by atoms with van der Waals surface area (Å²) in [7, 11) is -2.72. The number of nitrogens with one attached hydrogen (secondary N) is 1. The molecule has 2 rings (SSSR count). The van der Waals surface area contributed by atoms with Gasteiger partial charge in [0.05, 0.1) is 6.10 Å². The van der Waals surface area contributed by atoms with Crippen LogP contribution in [0.2, 0.25) is 0 Å². The average molecular weight is 306 g/mol. The summed E-state index contributed by atoms with van der Waals surface area (Å²) in [6.45, 7) is 0. The zero-order valence-electron chi connectivity index (χ0n) is 10.9. The maximum atomic E-state index is 13.7. The Morgan fingerprint density at radius 1 is 1.30 bits per heavy atom. The Morgan fingerprint density at radius 3 is 2.40 bits per heavy atom. The number of ether oxygens (including phenoxy) is 1. The highest BCUT2D eigenvalue weighted by molar-refractivity contribution is 7.89. The zero-order valence-corrected chi connectivity index (χ0v) is 11.7. The summed E-state index contributed by atoms with van der Waals surface area (Å²) >= 11 is 0. The molecule has 1 aliphatic carbocycles. The van der Waals surface area contributed by atoms with Crippen molar-refractivity contribution >= 4 is 15.7 Å². The number of hydrogen-bond donors (Lipinski definition) is 2. The van der Waals surface area contributed by atoms with Crippen LogP contribution in [0.25, 0.3) is 0 Å². The molecule has 3 N–H and O–H groups in total. The van der Waals surface area contributed by atoms with Crippen LogP contribution in [0, 0.1) is 11.6 Å². The Morgan fingerprint density at radius 2 is 1.90 bits per heavy atom. The van der Waals surface area contributed by atoms with Crippen molar-refractivity contribution in [2.24, 2.45) is 0 Å². The highest BCUT2D eigenvalue weighted by atomic mass is 32.2. The van der Waals surface area contributed by atoms with Crippen molar-refractivity contribution < 1.29 is 21.9 Å². The van der Waals surface area contributed by atoms with Gasteiger partial charge in [-0.05, 0) is 31.4 Å². The highest BCUT2D eigenvalue weighted by Crippen LogP contribution is 2.26. The number of benzene rings is 1. The van der Waals surface area contributed by atoms with E-state index in [4.69, 9.17) is 10.5 Å². The fraction of sp³-hybridized carbons (Fsp3) is 0.500. The molecule has 2 unspecified atom stereocenters. The number of nitrogen functional groups attached to an aromatic ring is 1. The first-order valence-electron chi connectivity index (χ1n) is 6.13. The number of anilines is 1. The van der Waals surface area contributed by atoms with Gasteiger partial charge >= 0.3 is 0 Å². The van der Waals surface area contributed by atoms with Crippen LogP contribution in [0.5, 0.6) is 0 Å². The normalized spacial score (nSPS) is 23.1. The fourth-order valence-corrected chi connectivity index (χ4v) is 3.78. The molecule has 1 aromatic carbocycles. The smallest absolute Gasteiger partial charge is 0.246 e. The first-order chi connectivity index (χ1) is 9.33. The van der Waals surface area contributed by atoms with Crippen LogP contribution in [-0.4, -0.2) is 27.7 Å². The van der Waals surface area contributed by atoms with Gasteiger partial charge in [-0.2, -0.15) is 0 Å². The molecule has 112 valence electrons. The molecule has 0 amide bonds. The van der Waals surface area contributed by atoms with Crippen molar-refractivity contribution in [1.29, 1.82) is 0 Å². The van der Waals surface area contributed by atoms with Gasteiger partial charge in [-0.25, -0.2) is 21.9 Å². The van der Waals surface area contributed by atoms with Gasteiger partial charge < -0.3 is 10.5 Å². The Labute approximate surface area is 116 Å². The van der Waals surface area contributed by atoms with Crippen LogP contribution in [0.3, 0.4) is 0 Å². The zero-order chi connectivity index (χ0) is 14.9. The second-order valence-electron chi connectivity index (χ2n) is 4.80. The van der Waals surface area contributed by atoms with Crippen molar-refractivity contribution in [3.05, 3.63) is 23.8 Å². The third-order valence-corrected chi connectivity index (χ3v) is 4.90. The van der Waals surface area contributed by atoms with Crippen LogP contribution >= 0.6 is 0 Å². The number of halogens is 2. The van der Waals surface area contributed by atoms with Crippen molar-refractivity contribution in [3.8, 4) is 0 Å². The van der Waals surface area contributed by atoms with Gasteiger partial charge in [-0.3, -0.25) is 0 Å². The van der Waals surface area contributed by atoms with Gasteiger partial charge in [0.25, 0.3) is 0 Å². The Kier molecular flexibility index (Phi) is 4.26. The van der Waals surface area contributed by atoms with Gasteiger partial charge in [-0.15, -0.1) is 0 Å². The molecular weight excluding hydrogens is 290 g/mol. The van der Waals surface area contributed by atoms with E-state index in [2.05, 4.69) is 4.72 Å². The number of nitrogens with two attached hydrogens (primary N) is 1. The average Bonchev–Trinajstić information content (AvgIpc) is 2.73. The van der Waals surface area contributed by atoms with E-state index >= 15 is 0 Å². The summed E-state index contributed by atoms with van der Waals surface area (Å²) in [6.07, 6.45) is 1.71. The lowest BCUT2D eigenvalue weighted by Crippen LogP contribution is -2.34. The predicted molar refractivity (Wildman–Crippen MR) is 69.5 cm³/mol. The van der Waals surface area contributed by atoms with Gasteiger partial charge in [0.2, 0.25) is 10.0 Å². The molecule has 0 radical (unpaired) electrons. The summed E-state index contributed by atoms with van der Waals surface area (Å²) in [5.74, 6) is -2.40. The molecule has 0 heterocycles.